The molecule has 0 bridgehead atoms. The Bertz CT molecular complexity index is 353. The topological polar surface area (TPSA) is 46.2 Å². The molecule has 56 valence electrons. The van der Waals surface area contributed by atoms with E-state index in [2.05, 4.69) is 5.32 Å². The molecular weight excluding hydrogens is 162 g/mol. The number of aryl methyl sites for hydroxylation is 1. The maximum absolute atomic E-state index is 11.0. The summed E-state index contributed by atoms with van der Waals surface area (Å²) in [6.45, 7) is 1.84. The van der Waals surface area contributed by atoms with Gasteiger partial charge in [0.05, 0.1) is 11.1 Å². The number of amides is 2. The van der Waals surface area contributed by atoms with Crippen LogP contribution in [0.3, 0.4) is 0 Å². The maximum Gasteiger partial charge on any atom is 0.260 e. The number of nitrogens with one attached hydrogen (secondary N) is 1. The molecule has 2 amide bonds. The average Bonchev–Trinajstić information content (AvgIpc) is 2.41. The van der Waals surface area contributed by atoms with Crippen LogP contribution < -0.4 is 5.32 Å². The number of imide groups is 1. The van der Waals surface area contributed by atoms with Crippen LogP contribution in [0, 0.1) is 6.92 Å². The van der Waals surface area contributed by atoms with Crippen molar-refractivity contribution in [3.63, 3.8) is 0 Å². The molecule has 0 radical (unpaired) electrons. The Hall–Kier alpha value is -1.16. The molecule has 1 aliphatic rings. The quantitative estimate of drug-likeness (QED) is 0.584. The summed E-state index contributed by atoms with van der Waals surface area (Å²) in [6, 6.07) is 0. The van der Waals surface area contributed by atoms with Crippen molar-refractivity contribution in [3.8, 4) is 0 Å². The van der Waals surface area contributed by atoms with Gasteiger partial charge in [-0.05, 0) is 6.92 Å². The molecule has 2 heterocycles. The predicted octanol–water partition coefficient (Wildman–Crippen LogP) is 0.940. The Morgan fingerprint density at radius 1 is 1.36 bits per heavy atom. The first kappa shape index (κ1) is 6.54. The largest absolute Gasteiger partial charge is 0.288 e. The summed E-state index contributed by atoms with van der Waals surface area (Å²) in [6.07, 6.45) is 0. The number of fused-ring (bicyclic) bond motifs is 1. The van der Waals surface area contributed by atoms with Gasteiger partial charge in [-0.2, -0.15) is 0 Å². The standard InChI is InChI=1S/C7H5NO2S/c1-3-5-4(2-11-3)6(9)8-7(5)10/h2H,1H3,(H,8,9,10). The molecular formula is C7H5NO2S. The van der Waals surface area contributed by atoms with E-state index in [1.807, 2.05) is 6.92 Å². The van der Waals surface area contributed by atoms with Crippen LogP contribution in [0.4, 0.5) is 0 Å². The van der Waals surface area contributed by atoms with Crippen molar-refractivity contribution in [1.82, 2.24) is 5.32 Å². The van der Waals surface area contributed by atoms with Crippen molar-refractivity contribution < 1.29 is 9.59 Å². The van der Waals surface area contributed by atoms with E-state index >= 15 is 0 Å². The van der Waals surface area contributed by atoms with Crippen LogP contribution >= 0.6 is 11.3 Å². The molecule has 0 aliphatic carbocycles. The zero-order valence-electron chi connectivity index (χ0n) is 5.80. The summed E-state index contributed by atoms with van der Waals surface area (Å²) in [5, 5.41) is 3.95. The second-order valence-electron chi connectivity index (χ2n) is 2.36. The fraction of sp³-hybridized carbons (Fsp3) is 0.143. The van der Waals surface area contributed by atoms with Gasteiger partial charge < -0.3 is 0 Å². The van der Waals surface area contributed by atoms with Gasteiger partial charge in [0.25, 0.3) is 11.8 Å². The molecule has 3 nitrogen and oxygen atoms in total. The summed E-state index contributed by atoms with van der Waals surface area (Å²) < 4.78 is 0. The van der Waals surface area contributed by atoms with E-state index in [0.29, 0.717) is 11.1 Å². The molecule has 0 saturated carbocycles. The van der Waals surface area contributed by atoms with Crippen LogP contribution in [0.2, 0.25) is 0 Å². The van der Waals surface area contributed by atoms with Crippen molar-refractivity contribution in [3.05, 3.63) is 21.4 Å². The van der Waals surface area contributed by atoms with Gasteiger partial charge in [-0.25, -0.2) is 0 Å². The predicted molar refractivity (Wildman–Crippen MR) is 40.9 cm³/mol. The van der Waals surface area contributed by atoms with Gasteiger partial charge >= 0.3 is 0 Å². The normalized spacial score (nSPS) is 15.0. The van der Waals surface area contributed by atoms with Crippen molar-refractivity contribution in [2.24, 2.45) is 0 Å². The maximum atomic E-state index is 11.0. The second-order valence-corrected chi connectivity index (χ2v) is 3.45. The van der Waals surface area contributed by atoms with E-state index in [4.69, 9.17) is 0 Å². The second kappa shape index (κ2) is 1.92. The zero-order chi connectivity index (χ0) is 8.01. The van der Waals surface area contributed by atoms with Gasteiger partial charge in [0.15, 0.2) is 0 Å². The molecule has 1 aromatic rings. The number of thiophene rings is 1. The number of carbonyl (C=O) groups excluding carboxylic acids is 2. The first-order valence-corrected chi connectivity index (χ1v) is 4.02. The van der Waals surface area contributed by atoms with E-state index in [1.54, 1.807) is 5.38 Å². The van der Waals surface area contributed by atoms with Crippen molar-refractivity contribution in [2.75, 3.05) is 0 Å². The Morgan fingerprint density at radius 3 is 2.73 bits per heavy atom. The fourth-order valence-electron chi connectivity index (χ4n) is 1.14. The SMILES string of the molecule is Cc1scc2c1C(=O)NC2=O. The highest BCUT2D eigenvalue weighted by molar-refractivity contribution is 7.10. The van der Waals surface area contributed by atoms with Gasteiger partial charge in [-0.3, -0.25) is 14.9 Å². The number of hydrogen-bond acceptors (Lipinski definition) is 3. The van der Waals surface area contributed by atoms with Gasteiger partial charge in [0, 0.05) is 10.3 Å². The lowest BCUT2D eigenvalue weighted by Crippen LogP contribution is -2.20. The van der Waals surface area contributed by atoms with E-state index < -0.39 is 0 Å². The minimum atomic E-state index is -0.269. The summed E-state index contributed by atoms with van der Waals surface area (Å²) in [4.78, 5) is 22.9. The van der Waals surface area contributed by atoms with E-state index in [1.165, 1.54) is 11.3 Å². The lowest BCUT2D eigenvalue weighted by atomic mass is 10.2. The molecule has 1 aliphatic heterocycles. The van der Waals surface area contributed by atoms with Crippen LogP contribution in [0.15, 0.2) is 5.38 Å². The Labute approximate surface area is 67.0 Å². The molecule has 2 rings (SSSR count). The third-order valence-electron chi connectivity index (χ3n) is 1.67. The lowest BCUT2D eigenvalue weighted by molar-refractivity contribution is 0.0879. The van der Waals surface area contributed by atoms with Crippen LogP contribution in [0.5, 0.6) is 0 Å². The van der Waals surface area contributed by atoms with Crippen LogP contribution in [-0.4, -0.2) is 11.8 Å². The van der Waals surface area contributed by atoms with Gasteiger partial charge in [0.1, 0.15) is 0 Å². The van der Waals surface area contributed by atoms with Crippen LogP contribution in [-0.2, 0) is 0 Å². The third-order valence-corrected chi connectivity index (χ3v) is 2.58. The molecule has 4 heteroatoms. The number of hydrogen-bond donors (Lipinski definition) is 1. The monoisotopic (exact) mass is 167 g/mol. The Kier molecular flexibility index (Phi) is 1.14. The minimum Gasteiger partial charge on any atom is -0.288 e. The molecule has 1 aromatic heterocycles. The highest BCUT2D eigenvalue weighted by atomic mass is 32.1. The molecule has 0 saturated heterocycles. The number of carbonyl (C=O) groups is 2. The summed E-state index contributed by atoms with van der Waals surface area (Å²) in [7, 11) is 0. The smallest absolute Gasteiger partial charge is 0.260 e. The highest BCUT2D eigenvalue weighted by Crippen LogP contribution is 2.25. The van der Waals surface area contributed by atoms with Crippen molar-refractivity contribution >= 4 is 23.2 Å². The minimum absolute atomic E-state index is 0.260. The molecule has 0 spiro atoms. The molecule has 11 heavy (non-hydrogen) atoms. The molecule has 0 atom stereocenters. The Balaban J connectivity index is 2.72. The molecule has 1 N–H and O–H groups in total. The van der Waals surface area contributed by atoms with Gasteiger partial charge in [-0.15, -0.1) is 11.3 Å². The van der Waals surface area contributed by atoms with Gasteiger partial charge in [-0.1, -0.05) is 0 Å². The molecule has 0 fully saturated rings. The highest BCUT2D eigenvalue weighted by Gasteiger charge is 2.29. The van der Waals surface area contributed by atoms with Crippen LogP contribution in [0.1, 0.15) is 25.6 Å². The number of rotatable bonds is 0. The Morgan fingerprint density at radius 2 is 2.09 bits per heavy atom. The first-order valence-electron chi connectivity index (χ1n) is 3.14. The van der Waals surface area contributed by atoms with Gasteiger partial charge in [0.2, 0.25) is 0 Å². The summed E-state index contributed by atoms with van der Waals surface area (Å²) in [5.74, 6) is -0.530. The van der Waals surface area contributed by atoms with E-state index in [9.17, 15) is 9.59 Å². The lowest BCUT2D eigenvalue weighted by Gasteiger charge is -1.87. The molecule has 0 unspecified atom stereocenters. The average molecular weight is 167 g/mol. The van der Waals surface area contributed by atoms with E-state index in [0.717, 1.165) is 4.88 Å². The van der Waals surface area contributed by atoms with Crippen molar-refractivity contribution in [2.45, 2.75) is 6.92 Å². The molecule has 0 aromatic carbocycles. The van der Waals surface area contributed by atoms with E-state index in [-0.39, 0.29) is 11.8 Å². The van der Waals surface area contributed by atoms with Crippen LogP contribution in [0.25, 0.3) is 0 Å². The third kappa shape index (κ3) is 0.728. The summed E-state index contributed by atoms with van der Waals surface area (Å²) >= 11 is 1.43. The zero-order valence-corrected chi connectivity index (χ0v) is 6.62. The first-order chi connectivity index (χ1) is 5.20. The van der Waals surface area contributed by atoms with Crippen molar-refractivity contribution in [1.29, 1.82) is 0 Å². The fourth-order valence-corrected chi connectivity index (χ4v) is 1.98. The summed E-state index contributed by atoms with van der Waals surface area (Å²) in [5.41, 5.74) is 1.08.